The fourth-order valence-electron chi connectivity index (χ4n) is 2.00. The molecule has 1 unspecified atom stereocenters. The van der Waals surface area contributed by atoms with Gasteiger partial charge in [0.1, 0.15) is 6.61 Å². The molecule has 0 aliphatic carbocycles. The van der Waals surface area contributed by atoms with E-state index < -0.39 is 0 Å². The largest absolute Gasteiger partial charge is 0.458 e. The van der Waals surface area contributed by atoms with Gasteiger partial charge in [-0.15, -0.1) is 0 Å². The normalized spacial score (nSPS) is 18.8. The van der Waals surface area contributed by atoms with Gasteiger partial charge >= 0.3 is 5.97 Å². The van der Waals surface area contributed by atoms with Crippen molar-refractivity contribution < 1.29 is 9.53 Å². The van der Waals surface area contributed by atoms with Gasteiger partial charge in [0.25, 0.3) is 0 Å². The van der Waals surface area contributed by atoms with Crippen LogP contribution in [0.4, 0.5) is 0 Å². The Morgan fingerprint density at radius 2 is 2.45 bits per heavy atom. The van der Waals surface area contributed by atoms with E-state index in [1.165, 1.54) is 0 Å². The van der Waals surface area contributed by atoms with Crippen LogP contribution in [0.1, 0.15) is 18.5 Å². The molecular formula is C14H16N2O2S2. The molecule has 0 fully saturated rings. The standard InChI is InChI=1S/C14H16N2O2S2/c1-4-6-18-13(17)11-9(2)16(3)14(19)15-12(11)10-5-7-20-8-10/h4-5,7-8,12H,1,6H2,2-3H3,(H,15,19). The third-order valence-electron chi connectivity index (χ3n) is 3.18. The van der Waals surface area contributed by atoms with Crippen molar-refractivity contribution in [3.05, 3.63) is 46.3 Å². The van der Waals surface area contributed by atoms with E-state index in [0.29, 0.717) is 10.7 Å². The van der Waals surface area contributed by atoms with Crippen LogP contribution < -0.4 is 5.32 Å². The molecule has 1 aromatic heterocycles. The van der Waals surface area contributed by atoms with Gasteiger partial charge in [-0.05, 0) is 41.5 Å². The molecule has 0 saturated heterocycles. The highest BCUT2D eigenvalue weighted by Gasteiger charge is 2.33. The summed E-state index contributed by atoms with van der Waals surface area (Å²) in [6.45, 7) is 5.62. The Morgan fingerprint density at radius 1 is 1.70 bits per heavy atom. The molecule has 0 bridgehead atoms. The number of nitrogens with one attached hydrogen (secondary N) is 1. The number of hydrogen-bond acceptors (Lipinski definition) is 4. The summed E-state index contributed by atoms with van der Waals surface area (Å²) in [5, 5.41) is 7.75. The zero-order valence-corrected chi connectivity index (χ0v) is 13.0. The van der Waals surface area contributed by atoms with E-state index in [2.05, 4.69) is 11.9 Å². The third kappa shape index (κ3) is 2.76. The summed E-state index contributed by atoms with van der Waals surface area (Å²) in [6.07, 6.45) is 1.55. The summed E-state index contributed by atoms with van der Waals surface area (Å²) < 4.78 is 5.19. The van der Waals surface area contributed by atoms with E-state index in [0.717, 1.165) is 11.3 Å². The van der Waals surface area contributed by atoms with Crippen LogP contribution in [-0.2, 0) is 9.53 Å². The van der Waals surface area contributed by atoms with E-state index in [9.17, 15) is 4.79 Å². The van der Waals surface area contributed by atoms with Crippen LogP contribution in [0.15, 0.2) is 40.8 Å². The molecule has 1 aliphatic heterocycles. The molecule has 1 aliphatic rings. The van der Waals surface area contributed by atoms with Crippen molar-refractivity contribution in [1.82, 2.24) is 10.2 Å². The zero-order valence-electron chi connectivity index (χ0n) is 11.4. The predicted octanol–water partition coefficient (Wildman–Crippen LogP) is 2.61. The molecule has 1 aromatic rings. The van der Waals surface area contributed by atoms with Crippen LogP contribution in [0.25, 0.3) is 0 Å². The average molecular weight is 308 g/mol. The van der Waals surface area contributed by atoms with Crippen molar-refractivity contribution in [2.75, 3.05) is 13.7 Å². The number of thiophene rings is 1. The van der Waals surface area contributed by atoms with Crippen molar-refractivity contribution in [2.45, 2.75) is 13.0 Å². The molecule has 1 atom stereocenters. The lowest BCUT2D eigenvalue weighted by atomic mass is 9.97. The zero-order chi connectivity index (χ0) is 14.7. The summed E-state index contributed by atoms with van der Waals surface area (Å²) in [5.41, 5.74) is 2.40. The van der Waals surface area contributed by atoms with Crippen molar-refractivity contribution in [2.24, 2.45) is 0 Å². The molecule has 6 heteroatoms. The number of ether oxygens (including phenoxy) is 1. The first kappa shape index (κ1) is 14.7. The summed E-state index contributed by atoms with van der Waals surface area (Å²) in [7, 11) is 1.83. The quantitative estimate of drug-likeness (QED) is 0.526. The fraction of sp³-hybridized carbons (Fsp3) is 0.286. The third-order valence-corrected chi connectivity index (χ3v) is 4.28. The number of nitrogens with zero attached hydrogens (tertiary/aromatic N) is 1. The number of rotatable bonds is 4. The Kier molecular flexibility index (Phi) is 4.57. The molecule has 106 valence electrons. The summed E-state index contributed by atoms with van der Waals surface area (Å²) >= 11 is 6.88. The van der Waals surface area contributed by atoms with Crippen LogP contribution in [0, 0.1) is 0 Å². The Morgan fingerprint density at radius 3 is 3.05 bits per heavy atom. The molecule has 0 aromatic carbocycles. The minimum Gasteiger partial charge on any atom is -0.458 e. The highest BCUT2D eigenvalue weighted by atomic mass is 32.1. The second kappa shape index (κ2) is 6.19. The monoisotopic (exact) mass is 308 g/mol. The van der Waals surface area contributed by atoms with Gasteiger partial charge in [-0.3, -0.25) is 0 Å². The van der Waals surface area contributed by atoms with Gasteiger partial charge in [-0.25, -0.2) is 4.79 Å². The number of carbonyl (C=O) groups excluding carboxylic acids is 1. The van der Waals surface area contributed by atoms with Crippen molar-refractivity contribution in [1.29, 1.82) is 0 Å². The highest BCUT2D eigenvalue weighted by molar-refractivity contribution is 7.80. The highest BCUT2D eigenvalue weighted by Crippen LogP contribution is 2.31. The van der Waals surface area contributed by atoms with Crippen molar-refractivity contribution >= 4 is 34.6 Å². The van der Waals surface area contributed by atoms with Crippen molar-refractivity contribution in [3.8, 4) is 0 Å². The van der Waals surface area contributed by atoms with Gasteiger partial charge in [-0.1, -0.05) is 12.7 Å². The molecule has 0 radical (unpaired) electrons. The SMILES string of the molecule is C=CCOC(=O)C1=C(C)N(C)C(=S)NC1c1ccsc1. The molecule has 0 spiro atoms. The molecule has 2 rings (SSSR count). The molecule has 2 heterocycles. The minimum absolute atomic E-state index is 0.195. The summed E-state index contributed by atoms with van der Waals surface area (Å²) in [6, 6.07) is 1.71. The maximum Gasteiger partial charge on any atom is 0.338 e. The Balaban J connectivity index is 2.41. The van der Waals surface area contributed by atoms with E-state index >= 15 is 0 Å². The Bertz CT molecular complexity index is 564. The van der Waals surface area contributed by atoms with Crippen LogP contribution in [0.5, 0.6) is 0 Å². The Labute approximate surface area is 127 Å². The second-order valence-electron chi connectivity index (χ2n) is 4.38. The van der Waals surface area contributed by atoms with Gasteiger partial charge in [0.15, 0.2) is 5.11 Å². The van der Waals surface area contributed by atoms with Gasteiger partial charge < -0.3 is 15.0 Å². The maximum atomic E-state index is 12.3. The topological polar surface area (TPSA) is 41.6 Å². The first-order valence-electron chi connectivity index (χ1n) is 6.11. The van der Waals surface area contributed by atoms with E-state index in [-0.39, 0.29) is 18.6 Å². The average Bonchev–Trinajstić information content (AvgIpc) is 2.95. The molecule has 0 saturated carbocycles. The first-order valence-corrected chi connectivity index (χ1v) is 7.46. The van der Waals surface area contributed by atoms with Crippen LogP contribution >= 0.6 is 23.6 Å². The first-order chi connectivity index (χ1) is 9.56. The fourth-order valence-corrected chi connectivity index (χ4v) is 2.94. The molecule has 20 heavy (non-hydrogen) atoms. The molecular weight excluding hydrogens is 292 g/mol. The number of carbonyl (C=O) groups is 1. The van der Waals surface area contributed by atoms with Gasteiger partial charge in [-0.2, -0.15) is 11.3 Å². The lowest BCUT2D eigenvalue weighted by Crippen LogP contribution is -2.46. The number of thiocarbonyl (C=S) groups is 1. The summed E-state index contributed by atoms with van der Waals surface area (Å²) in [5.74, 6) is -0.347. The molecule has 4 nitrogen and oxygen atoms in total. The van der Waals surface area contributed by atoms with Gasteiger partial charge in [0, 0.05) is 12.7 Å². The van der Waals surface area contributed by atoms with Crippen LogP contribution in [0.2, 0.25) is 0 Å². The number of hydrogen-bond donors (Lipinski definition) is 1. The maximum absolute atomic E-state index is 12.3. The second-order valence-corrected chi connectivity index (χ2v) is 5.55. The van der Waals surface area contributed by atoms with E-state index in [4.69, 9.17) is 17.0 Å². The predicted molar refractivity (Wildman–Crippen MR) is 84.4 cm³/mol. The Hall–Kier alpha value is -1.66. The molecule has 0 amide bonds. The lowest BCUT2D eigenvalue weighted by molar-refractivity contribution is -0.138. The van der Waals surface area contributed by atoms with E-state index in [1.807, 2.05) is 30.8 Å². The van der Waals surface area contributed by atoms with Gasteiger partial charge in [0.2, 0.25) is 0 Å². The smallest absolute Gasteiger partial charge is 0.338 e. The van der Waals surface area contributed by atoms with Crippen molar-refractivity contribution in [3.63, 3.8) is 0 Å². The molecule has 1 N–H and O–H groups in total. The number of allylic oxidation sites excluding steroid dienone is 1. The van der Waals surface area contributed by atoms with Crippen LogP contribution in [-0.4, -0.2) is 29.6 Å². The van der Waals surface area contributed by atoms with Crippen LogP contribution in [0.3, 0.4) is 0 Å². The lowest BCUT2D eigenvalue weighted by Gasteiger charge is -2.34. The van der Waals surface area contributed by atoms with E-state index in [1.54, 1.807) is 22.3 Å². The number of esters is 1. The minimum atomic E-state index is -0.347. The summed E-state index contributed by atoms with van der Waals surface area (Å²) in [4.78, 5) is 14.1. The van der Waals surface area contributed by atoms with Gasteiger partial charge in [0.05, 0.1) is 11.6 Å².